The Balaban J connectivity index is 2.74. The lowest BCUT2D eigenvalue weighted by molar-refractivity contribution is -0.130. The number of carbonyl (C=O) groups is 3. The van der Waals surface area contributed by atoms with Gasteiger partial charge in [0.1, 0.15) is 5.54 Å². The van der Waals surface area contributed by atoms with Gasteiger partial charge in [-0.3, -0.25) is 19.4 Å². The molecular weight excluding hydrogens is 366 g/mol. The number of primary amides is 1. The summed E-state index contributed by atoms with van der Waals surface area (Å²) in [5.74, 6) is -1.11. The normalized spacial score (nSPS) is 13.1. The number of nitrogens with one attached hydrogen (secondary N) is 1. The van der Waals surface area contributed by atoms with Crippen LogP contribution in [0.5, 0.6) is 0 Å². The number of hydrogen-bond donors (Lipinski definition) is 2. The van der Waals surface area contributed by atoms with Crippen molar-refractivity contribution in [2.75, 3.05) is 0 Å². The van der Waals surface area contributed by atoms with E-state index in [1.807, 2.05) is 25.1 Å². The Kier molecular flexibility index (Phi) is 7.42. The van der Waals surface area contributed by atoms with E-state index in [1.165, 1.54) is 13.8 Å². The van der Waals surface area contributed by atoms with Crippen molar-refractivity contribution in [3.05, 3.63) is 65.0 Å². The van der Waals surface area contributed by atoms with Crippen molar-refractivity contribution in [1.29, 1.82) is 0 Å². The number of ketones is 1. The van der Waals surface area contributed by atoms with Crippen LogP contribution in [0.1, 0.15) is 67.1 Å². The second-order valence-corrected chi connectivity index (χ2v) is 6.99. The largest absolute Gasteiger partial charge is 0.366 e. The van der Waals surface area contributed by atoms with Crippen LogP contribution in [0.25, 0.3) is 12.2 Å². The van der Waals surface area contributed by atoms with Gasteiger partial charge in [-0.25, -0.2) is 0 Å². The molecule has 6 nitrogen and oxygen atoms in total. The Bertz CT molecular complexity index is 922. The zero-order valence-electron chi connectivity index (χ0n) is 17.1. The van der Waals surface area contributed by atoms with Gasteiger partial charge < -0.3 is 11.1 Å². The van der Waals surface area contributed by atoms with Crippen molar-refractivity contribution in [3.8, 4) is 0 Å². The smallest absolute Gasteiger partial charge is 0.249 e. The van der Waals surface area contributed by atoms with E-state index >= 15 is 0 Å². The number of rotatable bonds is 9. The number of hydrogen-bond acceptors (Lipinski definition) is 4. The maximum absolute atomic E-state index is 12.9. The molecule has 0 aliphatic carbocycles. The predicted octanol–water partition coefficient (Wildman–Crippen LogP) is 3.46. The second-order valence-electron chi connectivity index (χ2n) is 6.99. The first-order valence-corrected chi connectivity index (χ1v) is 9.63. The van der Waals surface area contributed by atoms with Crippen LogP contribution in [-0.4, -0.2) is 22.6 Å². The summed E-state index contributed by atoms with van der Waals surface area (Å²) in [6, 6.07) is 8.73. The van der Waals surface area contributed by atoms with Gasteiger partial charge in [0.2, 0.25) is 11.8 Å². The fraction of sp³-hybridized carbons (Fsp3) is 0.304. The molecule has 0 radical (unpaired) electrons. The van der Waals surface area contributed by atoms with Crippen molar-refractivity contribution in [2.24, 2.45) is 5.73 Å². The molecule has 0 fully saturated rings. The summed E-state index contributed by atoms with van der Waals surface area (Å²) in [6.45, 7) is 4.86. The van der Waals surface area contributed by atoms with Crippen LogP contribution in [0, 0.1) is 0 Å². The summed E-state index contributed by atoms with van der Waals surface area (Å²) in [4.78, 5) is 41.0. The van der Waals surface area contributed by atoms with E-state index in [4.69, 9.17) is 5.73 Å². The maximum Gasteiger partial charge on any atom is 0.249 e. The number of pyridine rings is 1. The minimum atomic E-state index is -1.23. The first-order chi connectivity index (χ1) is 13.8. The summed E-state index contributed by atoms with van der Waals surface area (Å²) in [7, 11) is 0. The van der Waals surface area contributed by atoms with Crippen LogP contribution in [0.2, 0.25) is 0 Å². The third kappa shape index (κ3) is 5.16. The van der Waals surface area contributed by atoms with Crippen molar-refractivity contribution in [2.45, 2.75) is 45.6 Å². The Morgan fingerprint density at radius 2 is 1.79 bits per heavy atom. The number of nitrogens with two attached hydrogens (primary N) is 1. The van der Waals surface area contributed by atoms with E-state index in [2.05, 4.69) is 10.3 Å². The first kappa shape index (κ1) is 22.0. The minimum Gasteiger partial charge on any atom is -0.366 e. The molecule has 2 amide bonds. The third-order valence-corrected chi connectivity index (χ3v) is 4.88. The highest BCUT2D eigenvalue weighted by Crippen LogP contribution is 2.34. The maximum atomic E-state index is 12.9. The summed E-state index contributed by atoms with van der Waals surface area (Å²) in [5, 5.41) is 2.86. The Labute approximate surface area is 171 Å². The fourth-order valence-electron chi connectivity index (χ4n) is 3.45. The van der Waals surface area contributed by atoms with Gasteiger partial charge >= 0.3 is 0 Å². The minimum absolute atomic E-state index is 0.193. The van der Waals surface area contributed by atoms with Crippen LogP contribution < -0.4 is 11.1 Å². The quantitative estimate of drug-likeness (QED) is 0.681. The third-order valence-electron chi connectivity index (χ3n) is 4.88. The van der Waals surface area contributed by atoms with Crippen LogP contribution >= 0.6 is 0 Å². The van der Waals surface area contributed by atoms with Gasteiger partial charge in [-0.15, -0.1) is 0 Å². The van der Waals surface area contributed by atoms with E-state index in [-0.39, 0.29) is 11.7 Å². The molecule has 0 saturated carbocycles. The number of carbonyl (C=O) groups excluding carboxylic acids is 3. The molecule has 2 rings (SSSR count). The first-order valence-electron chi connectivity index (χ1n) is 9.63. The Morgan fingerprint density at radius 3 is 2.34 bits per heavy atom. The van der Waals surface area contributed by atoms with Gasteiger partial charge in [-0.2, -0.15) is 0 Å². The number of benzene rings is 1. The Morgan fingerprint density at radius 1 is 1.10 bits per heavy atom. The highest BCUT2D eigenvalue weighted by atomic mass is 16.2. The average Bonchev–Trinajstić information content (AvgIpc) is 2.69. The molecule has 1 aromatic carbocycles. The molecule has 152 valence electrons. The summed E-state index contributed by atoms with van der Waals surface area (Å²) >= 11 is 0. The van der Waals surface area contributed by atoms with Gasteiger partial charge in [0, 0.05) is 24.9 Å². The summed E-state index contributed by atoms with van der Waals surface area (Å²) in [6.07, 6.45) is 8.93. The highest BCUT2D eigenvalue weighted by molar-refractivity contribution is 6.00. The zero-order valence-corrected chi connectivity index (χ0v) is 17.1. The van der Waals surface area contributed by atoms with E-state index in [9.17, 15) is 14.4 Å². The van der Waals surface area contributed by atoms with Crippen molar-refractivity contribution < 1.29 is 14.4 Å². The lowest BCUT2D eigenvalue weighted by Crippen LogP contribution is -2.51. The molecule has 1 heterocycles. The Hall–Kier alpha value is -3.28. The van der Waals surface area contributed by atoms with Crippen molar-refractivity contribution in [1.82, 2.24) is 10.3 Å². The SMILES string of the molecule is CCCC[C@@](NC(C)=O)(C(C)=O)c1cccc(C(N)=O)c1C=Cc1ccncc1. The molecule has 1 aromatic heterocycles. The molecule has 0 spiro atoms. The number of Topliss-reactive ketones (excluding diaryl/α,β-unsaturated/α-hetero) is 1. The number of nitrogens with zero attached hydrogens (tertiary/aromatic N) is 1. The van der Waals surface area contributed by atoms with Gasteiger partial charge in [0.25, 0.3) is 0 Å². The number of amides is 2. The van der Waals surface area contributed by atoms with Gasteiger partial charge in [-0.1, -0.05) is 44.1 Å². The van der Waals surface area contributed by atoms with Crippen LogP contribution in [0.4, 0.5) is 0 Å². The van der Waals surface area contributed by atoms with E-state index in [0.29, 0.717) is 23.1 Å². The van der Waals surface area contributed by atoms with E-state index < -0.39 is 11.4 Å². The van der Waals surface area contributed by atoms with Gasteiger partial charge in [0.05, 0.1) is 0 Å². The topological polar surface area (TPSA) is 102 Å². The fourth-order valence-corrected chi connectivity index (χ4v) is 3.45. The standard InChI is InChI=1S/C23H27N3O3/c1-4-5-13-23(16(2)27,26-17(3)28)21-8-6-7-20(22(24)29)19(21)10-9-18-11-14-25-15-12-18/h6-12,14-15H,4-5,13H2,1-3H3,(H2,24,29)(H,26,28)/t23-/m1/s1. The van der Waals surface area contributed by atoms with E-state index in [1.54, 1.807) is 36.7 Å². The molecule has 0 unspecified atom stereocenters. The molecule has 2 aromatic rings. The summed E-state index contributed by atoms with van der Waals surface area (Å²) < 4.78 is 0. The molecule has 3 N–H and O–H groups in total. The van der Waals surface area contributed by atoms with Crippen molar-refractivity contribution in [3.63, 3.8) is 0 Å². The average molecular weight is 393 g/mol. The van der Waals surface area contributed by atoms with Gasteiger partial charge in [0.15, 0.2) is 5.78 Å². The van der Waals surface area contributed by atoms with Crippen LogP contribution in [-0.2, 0) is 15.1 Å². The number of aromatic nitrogens is 1. The zero-order chi connectivity index (χ0) is 21.4. The molecule has 0 saturated heterocycles. The molecule has 29 heavy (non-hydrogen) atoms. The lowest BCUT2D eigenvalue weighted by Gasteiger charge is -2.34. The molecule has 0 aliphatic rings. The highest BCUT2D eigenvalue weighted by Gasteiger charge is 2.39. The monoisotopic (exact) mass is 393 g/mol. The molecule has 0 bridgehead atoms. The number of unbranched alkanes of at least 4 members (excludes halogenated alkanes) is 1. The van der Waals surface area contributed by atoms with E-state index in [0.717, 1.165) is 18.4 Å². The van der Waals surface area contributed by atoms with Gasteiger partial charge in [-0.05, 0) is 48.2 Å². The van der Waals surface area contributed by atoms with Crippen molar-refractivity contribution >= 4 is 29.7 Å². The predicted molar refractivity (Wildman–Crippen MR) is 114 cm³/mol. The van der Waals surface area contributed by atoms with Crippen LogP contribution in [0.3, 0.4) is 0 Å². The molecule has 1 atom stereocenters. The van der Waals surface area contributed by atoms with Crippen LogP contribution in [0.15, 0.2) is 42.7 Å². The molecular formula is C23H27N3O3. The molecule has 6 heteroatoms. The lowest BCUT2D eigenvalue weighted by atomic mass is 9.77. The second kappa shape index (κ2) is 9.78. The molecule has 0 aliphatic heterocycles. The summed E-state index contributed by atoms with van der Waals surface area (Å²) in [5.41, 5.74) is 6.65.